The van der Waals surface area contributed by atoms with Gasteiger partial charge in [0.15, 0.2) is 0 Å². The summed E-state index contributed by atoms with van der Waals surface area (Å²) in [5.74, 6) is 6.02. The average Bonchev–Trinajstić information content (AvgIpc) is 2.68. The van der Waals surface area contributed by atoms with Crippen molar-refractivity contribution >= 4 is 17.1 Å². The van der Waals surface area contributed by atoms with Crippen molar-refractivity contribution in [1.29, 1.82) is 0 Å². The number of fused-ring (bicyclic) bond motifs is 1. The van der Waals surface area contributed by atoms with E-state index in [2.05, 4.69) is 42.2 Å². The van der Waals surface area contributed by atoms with Crippen LogP contribution < -0.4 is 15.8 Å². The zero-order valence-electron chi connectivity index (χ0n) is 9.80. The van der Waals surface area contributed by atoms with Crippen LogP contribution in [0.2, 0.25) is 0 Å². The minimum Gasteiger partial charge on any atom is -0.320 e. The van der Waals surface area contributed by atoms with Gasteiger partial charge in [-0.2, -0.15) is 0 Å². The molecule has 2 aromatic rings. The highest BCUT2D eigenvalue weighted by Crippen LogP contribution is 2.39. The molecule has 3 nitrogen and oxygen atoms in total. The molecule has 1 aliphatic rings. The highest BCUT2D eigenvalue weighted by molar-refractivity contribution is 5.82. The molecule has 0 unspecified atom stereocenters. The van der Waals surface area contributed by atoms with Gasteiger partial charge in [0.05, 0.1) is 11.4 Å². The van der Waals surface area contributed by atoms with Gasteiger partial charge in [0.1, 0.15) is 6.67 Å². The van der Waals surface area contributed by atoms with E-state index >= 15 is 0 Å². The molecule has 17 heavy (non-hydrogen) atoms. The second-order valence-corrected chi connectivity index (χ2v) is 4.31. The summed E-state index contributed by atoms with van der Waals surface area (Å²) in [6.45, 7) is 2.82. The molecule has 2 N–H and O–H groups in total. The molecule has 2 aromatic carbocycles. The van der Waals surface area contributed by atoms with E-state index < -0.39 is 0 Å². The lowest BCUT2D eigenvalue weighted by molar-refractivity contribution is 0.885. The molecular formula is C14H15N3. The third kappa shape index (κ3) is 1.56. The van der Waals surface area contributed by atoms with E-state index in [1.807, 2.05) is 18.2 Å². The number of rotatable bonds is 1. The van der Waals surface area contributed by atoms with Gasteiger partial charge in [0.2, 0.25) is 0 Å². The van der Waals surface area contributed by atoms with Crippen molar-refractivity contribution < 1.29 is 0 Å². The summed E-state index contributed by atoms with van der Waals surface area (Å²) in [7, 11) is 0. The number of anilines is 3. The Balaban J connectivity index is 2.11. The number of hydrazine groups is 1. The summed E-state index contributed by atoms with van der Waals surface area (Å²) in [5.41, 5.74) is 4.73. The minimum atomic E-state index is 0.699. The molecule has 3 rings (SSSR count). The summed E-state index contributed by atoms with van der Waals surface area (Å²) >= 11 is 0. The molecule has 0 saturated heterocycles. The predicted molar refractivity (Wildman–Crippen MR) is 71.3 cm³/mol. The van der Waals surface area contributed by atoms with Crippen molar-refractivity contribution in [3.63, 3.8) is 0 Å². The van der Waals surface area contributed by atoms with Crippen molar-refractivity contribution in [2.24, 2.45) is 5.84 Å². The van der Waals surface area contributed by atoms with E-state index in [1.165, 1.54) is 16.9 Å². The van der Waals surface area contributed by atoms with Gasteiger partial charge < -0.3 is 4.90 Å². The topological polar surface area (TPSA) is 32.5 Å². The summed E-state index contributed by atoms with van der Waals surface area (Å²) < 4.78 is 0. The highest BCUT2D eigenvalue weighted by Gasteiger charge is 2.24. The first-order valence-corrected chi connectivity index (χ1v) is 5.72. The zero-order chi connectivity index (χ0) is 11.8. The van der Waals surface area contributed by atoms with Crippen molar-refractivity contribution in [2.75, 3.05) is 16.6 Å². The largest absolute Gasteiger partial charge is 0.320 e. The molecule has 0 bridgehead atoms. The van der Waals surface area contributed by atoms with Crippen LogP contribution in [-0.4, -0.2) is 6.67 Å². The summed E-state index contributed by atoms with van der Waals surface area (Å²) in [5, 5.41) is 1.78. The molecule has 0 amide bonds. The standard InChI is InChI=1S/C14H15N3/c1-11-6-2-3-7-12(11)16-10-17(15)14-9-5-4-8-13(14)16/h2-9H,10,15H2,1H3. The van der Waals surface area contributed by atoms with Gasteiger partial charge in [-0.25, -0.2) is 5.84 Å². The van der Waals surface area contributed by atoms with Gasteiger partial charge in [-0.05, 0) is 30.7 Å². The van der Waals surface area contributed by atoms with Crippen molar-refractivity contribution in [3.05, 3.63) is 54.1 Å². The van der Waals surface area contributed by atoms with Crippen LogP contribution in [0.1, 0.15) is 5.56 Å². The maximum absolute atomic E-state index is 6.02. The lowest BCUT2D eigenvalue weighted by atomic mass is 10.1. The third-order valence-corrected chi connectivity index (χ3v) is 3.18. The Hall–Kier alpha value is -2.00. The number of benzene rings is 2. The SMILES string of the molecule is Cc1ccccc1N1CN(N)c2ccccc21. The lowest BCUT2D eigenvalue weighted by Crippen LogP contribution is -2.33. The Morgan fingerprint density at radius 2 is 1.47 bits per heavy atom. The molecule has 1 aliphatic heterocycles. The predicted octanol–water partition coefficient (Wildman–Crippen LogP) is 2.78. The van der Waals surface area contributed by atoms with Gasteiger partial charge in [-0.3, -0.25) is 5.01 Å². The normalized spacial score (nSPS) is 14.0. The molecule has 0 aliphatic carbocycles. The average molecular weight is 225 g/mol. The molecule has 0 fully saturated rings. The van der Waals surface area contributed by atoms with E-state index in [9.17, 15) is 0 Å². The number of hydrogen-bond acceptors (Lipinski definition) is 3. The Morgan fingerprint density at radius 3 is 2.18 bits per heavy atom. The molecule has 3 heteroatoms. The lowest BCUT2D eigenvalue weighted by Gasteiger charge is -2.21. The summed E-state index contributed by atoms with van der Waals surface area (Å²) in [6, 6.07) is 16.6. The van der Waals surface area contributed by atoms with E-state index in [-0.39, 0.29) is 0 Å². The van der Waals surface area contributed by atoms with Gasteiger partial charge in [0, 0.05) is 5.69 Å². The number of aryl methyl sites for hydroxylation is 1. The van der Waals surface area contributed by atoms with E-state index in [1.54, 1.807) is 5.01 Å². The van der Waals surface area contributed by atoms with Crippen molar-refractivity contribution in [1.82, 2.24) is 0 Å². The number of para-hydroxylation sites is 3. The summed E-state index contributed by atoms with van der Waals surface area (Å²) in [6.07, 6.45) is 0. The van der Waals surface area contributed by atoms with Crippen LogP contribution in [0, 0.1) is 6.92 Å². The number of hydrogen-bond donors (Lipinski definition) is 1. The fourth-order valence-electron chi connectivity index (χ4n) is 2.31. The van der Waals surface area contributed by atoms with Crippen molar-refractivity contribution in [3.8, 4) is 0 Å². The number of nitrogens with two attached hydrogens (primary N) is 1. The van der Waals surface area contributed by atoms with E-state index in [0.29, 0.717) is 6.67 Å². The Bertz CT molecular complexity index is 551. The smallest absolute Gasteiger partial charge is 0.110 e. The molecule has 0 aromatic heterocycles. The van der Waals surface area contributed by atoms with E-state index in [0.717, 1.165) is 5.69 Å². The molecule has 0 atom stereocenters. The molecule has 1 heterocycles. The molecule has 0 radical (unpaired) electrons. The van der Waals surface area contributed by atoms with Crippen LogP contribution in [0.4, 0.5) is 17.1 Å². The highest BCUT2D eigenvalue weighted by atomic mass is 15.5. The van der Waals surface area contributed by atoms with Gasteiger partial charge in [-0.15, -0.1) is 0 Å². The summed E-state index contributed by atoms with van der Waals surface area (Å²) in [4.78, 5) is 2.24. The zero-order valence-corrected chi connectivity index (χ0v) is 9.80. The van der Waals surface area contributed by atoms with Gasteiger partial charge >= 0.3 is 0 Å². The first kappa shape index (κ1) is 10.2. The first-order valence-electron chi connectivity index (χ1n) is 5.72. The Labute approximate surface area is 101 Å². The first-order chi connectivity index (χ1) is 8.27. The van der Waals surface area contributed by atoms with Crippen molar-refractivity contribution in [2.45, 2.75) is 6.92 Å². The Morgan fingerprint density at radius 1 is 0.882 bits per heavy atom. The third-order valence-electron chi connectivity index (χ3n) is 3.18. The molecule has 0 saturated carbocycles. The molecule has 0 spiro atoms. The Kier molecular flexibility index (Phi) is 2.27. The monoisotopic (exact) mass is 225 g/mol. The van der Waals surface area contributed by atoms with Gasteiger partial charge in [-0.1, -0.05) is 30.3 Å². The van der Waals surface area contributed by atoms with E-state index in [4.69, 9.17) is 5.84 Å². The fourth-order valence-corrected chi connectivity index (χ4v) is 2.31. The minimum absolute atomic E-state index is 0.699. The fraction of sp³-hybridized carbons (Fsp3) is 0.143. The van der Waals surface area contributed by atoms with Crippen LogP contribution in [0.25, 0.3) is 0 Å². The quantitative estimate of drug-likeness (QED) is 0.757. The van der Waals surface area contributed by atoms with Crippen LogP contribution in [0.5, 0.6) is 0 Å². The second-order valence-electron chi connectivity index (χ2n) is 4.31. The molecular weight excluding hydrogens is 210 g/mol. The maximum Gasteiger partial charge on any atom is 0.110 e. The van der Waals surface area contributed by atoms with Crippen LogP contribution in [-0.2, 0) is 0 Å². The van der Waals surface area contributed by atoms with Gasteiger partial charge in [0.25, 0.3) is 0 Å². The number of nitrogens with zero attached hydrogens (tertiary/aromatic N) is 2. The van der Waals surface area contributed by atoms with Crippen LogP contribution in [0.15, 0.2) is 48.5 Å². The molecule has 86 valence electrons. The van der Waals surface area contributed by atoms with Crippen LogP contribution >= 0.6 is 0 Å². The second kappa shape index (κ2) is 3.79. The van der Waals surface area contributed by atoms with Crippen LogP contribution in [0.3, 0.4) is 0 Å². The maximum atomic E-state index is 6.02.